The fourth-order valence-corrected chi connectivity index (χ4v) is 4.01. The summed E-state index contributed by atoms with van der Waals surface area (Å²) < 4.78 is 33.5. The second-order valence-corrected chi connectivity index (χ2v) is 8.13. The molecule has 1 aromatic heterocycles. The monoisotopic (exact) mass is 448 g/mol. The summed E-state index contributed by atoms with van der Waals surface area (Å²) in [5.41, 5.74) is 2.74. The zero-order valence-corrected chi connectivity index (χ0v) is 17.8. The van der Waals surface area contributed by atoms with Crippen molar-refractivity contribution in [1.82, 2.24) is 10.3 Å². The van der Waals surface area contributed by atoms with Crippen molar-refractivity contribution >= 4 is 23.2 Å². The highest BCUT2D eigenvalue weighted by Gasteiger charge is 2.45. The molecule has 0 bridgehead atoms. The lowest BCUT2D eigenvalue weighted by Crippen LogP contribution is -2.29. The zero-order valence-electron chi connectivity index (χ0n) is 16.3. The van der Waals surface area contributed by atoms with Crippen molar-refractivity contribution in [2.24, 2.45) is 0 Å². The number of hydrogen-bond acceptors (Lipinski definition) is 3. The van der Waals surface area contributed by atoms with Crippen LogP contribution >= 0.6 is 23.2 Å². The quantitative estimate of drug-likeness (QED) is 0.447. The lowest BCUT2D eigenvalue weighted by molar-refractivity contribution is 0.338. The van der Waals surface area contributed by atoms with Gasteiger partial charge in [0, 0.05) is 46.2 Å². The molecule has 1 aliphatic rings. The van der Waals surface area contributed by atoms with Crippen LogP contribution in [-0.4, -0.2) is 11.6 Å². The number of hydrogen-bond donors (Lipinski definition) is 1. The predicted octanol–water partition coefficient (Wildman–Crippen LogP) is 6.51. The van der Waals surface area contributed by atoms with Gasteiger partial charge in [0.1, 0.15) is 5.75 Å². The van der Waals surface area contributed by atoms with E-state index in [-0.39, 0.29) is 5.54 Å². The van der Waals surface area contributed by atoms with Crippen LogP contribution in [0.15, 0.2) is 48.8 Å². The summed E-state index contributed by atoms with van der Waals surface area (Å²) in [6.07, 6.45) is 5.18. The number of pyridine rings is 1. The first-order valence-electron chi connectivity index (χ1n) is 9.69. The average molecular weight is 449 g/mol. The molecule has 0 radical (unpaired) electrons. The van der Waals surface area contributed by atoms with Gasteiger partial charge in [-0.25, -0.2) is 8.78 Å². The minimum Gasteiger partial charge on any atom is -0.493 e. The van der Waals surface area contributed by atoms with Gasteiger partial charge in [-0.1, -0.05) is 23.2 Å². The molecular formula is C23H20Cl2F2N2O. The highest BCUT2D eigenvalue weighted by atomic mass is 35.5. The van der Waals surface area contributed by atoms with Crippen LogP contribution in [0.5, 0.6) is 5.75 Å². The molecule has 0 unspecified atom stereocenters. The van der Waals surface area contributed by atoms with Crippen molar-refractivity contribution in [1.29, 1.82) is 0 Å². The van der Waals surface area contributed by atoms with E-state index in [4.69, 9.17) is 27.9 Å². The van der Waals surface area contributed by atoms with E-state index >= 15 is 0 Å². The Bertz CT molecular complexity index is 1090. The summed E-state index contributed by atoms with van der Waals surface area (Å²) in [4.78, 5) is 4.28. The van der Waals surface area contributed by atoms with E-state index < -0.39 is 11.6 Å². The van der Waals surface area contributed by atoms with Gasteiger partial charge < -0.3 is 10.1 Å². The minimum absolute atomic E-state index is 0.303. The molecule has 30 heavy (non-hydrogen) atoms. The molecule has 3 nitrogen and oxygen atoms in total. The Morgan fingerprint density at radius 2 is 1.83 bits per heavy atom. The molecule has 1 heterocycles. The normalized spacial score (nSPS) is 14.6. The summed E-state index contributed by atoms with van der Waals surface area (Å²) >= 11 is 12.4. The maximum Gasteiger partial charge on any atom is 0.162 e. The molecule has 7 heteroatoms. The first kappa shape index (κ1) is 21.0. The van der Waals surface area contributed by atoms with Crippen LogP contribution in [0.1, 0.15) is 30.9 Å². The van der Waals surface area contributed by atoms with Gasteiger partial charge in [-0.2, -0.15) is 0 Å². The molecule has 0 amide bonds. The number of aromatic nitrogens is 1. The van der Waals surface area contributed by atoms with Gasteiger partial charge in [-0.15, -0.1) is 0 Å². The Hall–Kier alpha value is -2.21. The van der Waals surface area contributed by atoms with Crippen LogP contribution in [0, 0.1) is 11.6 Å². The van der Waals surface area contributed by atoms with Gasteiger partial charge in [-0.3, -0.25) is 4.98 Å². The van der Waals surface area contributed by atoms with Gasteiger partial charge >= 0.3 is 0 Å². The highest BCUT2D eigenvalue weighted by Crippen LogP contribution is 2.50. The van der Waals surface area contributed by atoms with E-state index in [2.05, 4.69) is 10.3 Å². The second-order valence-electron chi connectivity index (χ2n) is 7.29. The van der Waals surface area contributed by atoms with Crippen molar-refractivity contribution in [3.63, 3.8) is 0 Å². The van der Waals surface area contributed by atoms with Crippen LogP contribution in [0.2, 0.25) is 10.0 Å². The van der Waals surface area contributed by atoms with E-state index in [1.807, 2.05) is 6.07 Å². The standard InChI is InChI=1S/C23H20Cl2F2N2O/c1-2-30-22-11-21(27)20(26)10-17(22)16-5-8-28-13-18(16)23(6-7-23)29-12-14-9-15(24)3-4-19(14)25/h3-5,8-11,13,29H,2,6-7,12H2,1H3. The van der Waals surface area contributed by atoms with E-state index in [9.17, 15) is 8.78 Å². The van der Waals surface area contributed by atoms with Gasteiger partial charge in [0.25, 0.3) is 0 Å². The molecular weight excluding hydrogens is 429 g/mol. The van der Waals surface area contributed by atoms with Crippen LogP contribution in [0.4, 0.5) is 8.78 Å². The Morgan fingerprint density at radius 3 is 2.57 bits per heavy atom. The van der Waals surface area contributed by atoms with E-state index in [1.54, 1.807) is 37.5 Å². The minimum atomic E-state index is -0.937. The molecule has 1 fully saturated rings. The topological polar surface area (TPSA) is 34.1 Å². The van der Waals surface area contributed by atoms with Crippen LogP contribution in [0.3, 0.4) is 0 Å². The molecule has 0 saturated heterocycles. The molecule has 1 N–H and O–H groups in total. The summed E-state index contributed by atoms with van der Waals surface area (Å²) in [6, 6.07) is 9.43. The summed E-state index contributed by atoms with van der Waals surface area (Å²) in [6.45, 7) is 2.66. The van der Waals surface area contributed by atoms with Gasteiger partial charge in [0.05, 0.1) is 6.61 Å². The van der Waals surface area contributed by atoms with Crippen molar-refractivity contribution < 1.29 is 13.5 Å². The molecule has 0 aliphatic heterocycles. The lowest BCUT2D eigenvalue weighted by atomic mass is 9.94. The van der Waals surface area contributed by atoms with Crippen molar-refractivity contribution in [2.45, 2.75) is 31.8 Å². The van der Waals surface area contributed by atoms with Crippen molar-refractivity contribution in [3.05, 3.63) is 81.6 Å². The van der Waals surface area contributed by atoms with E-state index in [0.29, 0.717) is 34.5 Å². The summed E-state index contributed by atoms with van der Waals surface area (Å²) in [5, 5.41) is 4.82. The smallest absolute Gasteiger partial charge is 0.162 e. The Labute approximate surface area is 184 Å². The fourth-order valence-electron chi connectivity index (χ4n) is 3.63. The fraction of sp³-hybridized carbons (Fsp3) is 0.261. The molecule has 156 valence electrons. The third-order valence-electron chi connectivity index (χ3n) is 5.32. The van der Waals surface area contributed by atoms with Gasteiger partial charge in [-0.05, 0) is 66.8 Å². The third-order valence-corrected chi connectivity index (χ3v) is 5.93. The number of nitrogens with one attached hydrogen (secondary N) is 1. The number of halogens is 4. The highest BCUT2D eigenvalue weighted by molar-refractivity contribution is 6.33. The molecule has 1 aliphatic carbocycles. The number of nitrogens with zero attached hydrogens (tertiary/aromatic N) is 1. The average Bonchev–Trinajstić information content (AvgIpc) is 3.52. The second kappa shape index (κ2) is 8.50. The number of benzene rings is 2. The number of ether oxygens (including phenoxy) is 1. The summed E-state index contributed by atoms with van der Waals surface area (Å²) in [5.74, 6) is -1.55. The predicted molar refractivity (Wildman–Crippen MR) is 115 cm³/mol. The van der Waals surface area contributed by atoms with Crippen LogP contribution in [-0.2, 0) is 12.1 Å². The molecule has 1 saturated carbocycles. The third kappa shape index (κ3) is 4.15. The molecule has 0 atom stereocenters. The summed E-state index contributed by atoms with van der Waals surface area (Å²) in [7, 11) is 0. The molecule has 0 spiro atoms. The van der Waals surface area contributed by atoms with E-state index in [0.717, 1.165) is 35.6 Å². The van der Waals surface area contributed by atoms with Crippen molar-refractivity contribution in [3.8, 4) is 16.9 Å². The molecule has 2 aromatic carbocycles. The zero-order chi connectivity index (χ0) is 21.3. The Morgan fingerprint density at radius 1 is 1.07 bits per heavy atom. The lowest BCUT2D eigenvalue weighted by Gasteiger charge is -2.22. The first-order valence-corrected chi connectivity index (χ1v) is 10.4. The van der Waals surface area contributed by atoms with Crippen LogP contribution < -0.4 is 10.1 Å². The SMILES string of the molecule is CCOc1cc(F)c(F)cc1-c1ccncc1C1(NCc2cc(Cl)ccc2Cl)CC1. The maximum absolute atomic E-state index is 14.1. The number of rotatable bonds is 7. The maximum atomic E-state index is 14.1. The largest absolute Gasteiger partial charge is 0.493 e. The molecule has 3 aromatic rings. The van der Waals surface area contributed by atoms with Crippen LogP contribution in [0.25, 0.3) is 11.1 Å². The first-order chi connectivity index (χ1) is 14.4. The van der Waals surface area contributed by atoms with Gasteiger partial charge in [0.15, 0.2) is 11.6 Å². The Kier molecular flexibility index (Phi) is 5.96. The van der Waals surface area contributed by atoms with Crippen molar-refractivity contribution in [2.75, 3.05) is 6.61 Å². The Balaban J connectivity index is 1.70. The van der Waals surface area contributed by atoms with E-state index in [1.165, 1.54) is 6.07 Å². The molecule has 4 rings (SSSR count). The van der Waals surface area contributed by atoms with Gasteiger partial charge in [0.2, 0.25) is 0 Å².